The molecule has 1 saturated heterocycles. The minimum absolute atomic E-state index is 0.328. The molecule has 8 heteroatoms. The van der Waals surface area contributed by atoms with Gasteiger partial charge in [0.15, 0.2) is 0 Å². The van der Waals surface area contributed by atoms with E-state index in [2.05, 4.69) is 31.7 Å². The van der Waals surface area contributed by atoms with Crippen molar-refractivity contribution in [1.82, 2.24) is 15.6 Å². The van der Waals surface area contributed by atoms with E-state index in [0.29, 0.717) is 5.69 Å². The molecule has 0 radical (unpaired) electrons. The number of aromatic amines is 1. The molecule has 4 rings (SSSR count). The van der Waals surface area contributed by atoms with Gasteiger partial charge in [-0.3, -0.25) is 9.89 Å². The van der Waals surface area contributed by atoms with Crippen molar-refractivity contribution in [1.29, 1.82) is 0 Å². The van der Waals surface area contributed by atoms with Crippen molar-refractivity contribution in [2.45, 2.75) is 0 Å². The Labute approximate surface area is 160 Å². The monoisotopic (exact) mass is 381 g/mol. The maximum Gasteiger partial charge on any atom is 0.289 e. The fourth-order valence-electron chi connectivity index (χ4n) is 2.77. The van der Waals surface area contributed by atoms with Gasteiger partial charge in [0.25, 0.3) is 5.91 Å². The number of H-pyrrole nitrogens is 1. The SMILES string of the molecule is O=C(N/N=C/c1ccc(N2CCOCC2)s1)c1cc(-c2ccccc2)n[nH]1. The van der Waals surface area contributed by atoms with Gasteiger partial charge in [0.2, 0.25) is 0 Å². The molecule has 3 heterocycles. The number of carbonyl (C=O) groups excluding carboxylic acids is 1. The summed E-state index contributed by atoms with van der Waals surface area (Å²) in [6.07, 6.45) is 1.65. The summed E-state index contributed by atoms with van der Waals surface area (Å²) in [5, 5.41) is 12.2. The van der Waals surface area contributed by atoms with Crippen molar-refractivity contribution in [3.63, 3.8) is 0 Å². The zero-order chi connectivity index (χ0) is 18.5. The van der Waals surface area contributed by atoms with Gasteiger partial charge in [-0.1, -0.05) is 30.3 Å². The average molecular weight is 381 g/mol. The number of nitrogens with zero attached hydrogens (tertiary/aromatic N) is 3. The largest absolute Gasteiger partial charge is 0.378 e. The Kier molecular flexibility index (Phi) is 5.27. The summed E-state index contributed by atoms with van der Waals surface area (Å²) in [4.78, 5) is 15.5. The number of rotatable bonds is 5. The van der Waals surface area contributed by atoms with Crippen LogP contribution in [0.2, 0.25) is 0 Å². The number of hydrogen-bond acceptors (Lipinski definition) is 6. The number of morpholine rings is 1. The van der Waals surface area contributed by atoms with Gasteiger partial charge in [0.1, 0.15) is 5.69 Å². The normalized spacial score (nSPS) is 14.6. The van der Waals surface area contributed by atoms with E-state index in [1.807, 2.05) is 36.4 Å². The molecule has 138 valence electrons. The van der Waals surface area contributed by atoms with Crippen molar-refractivity contribution >= 4 is 28.5 Å². The third-order valence-corrected chi connectivity index (χ3v) is 5.27. The second kappa shape index (κ2) is 8.15. The van der Waals surface area contributed by atoms with Gasteiger partial charge in [-0.2, -0.15) is 10.2 Å². The van der Waals surface area contributed by atoms with Gasteiger partial charge in [0, 0.05) is 23.5 Å². The Morgan fingerprint density at radius 1 is 1.22 bits per heavy atom. The van der Waals surface area contributed by atoms with Crippen LogP contribution in [0.25, 0.3) is 11.3 Å². The van der Waals surface area contributed by atoms with E-state index in [9.17, 15) is 4.79 Å². The van der Waals surface area contributed by atoms with Gasteiger partial charge in [-0.15, -0.1) is 11.3 Å². The van der Waals surface area contributed by atoms with Gasteiger partial charge in [-0.25, -0.2) is 5.43 Å². The average Bonchev–Trinajstić information content (AvgIpc) is 3.39. The van der Waals surface area contributed by atoms with Gasteiger partial charge in [0.05, 0.1) is 30.1 Å². The van der Waals surface area contributed by atoms with Gasteiger partial charge >= 0.3 is 0 Å². The lowest BCUT2D eigenvalue weighted by molar-refractivity contribution is 0.0950. The van der Waals surface area contributed by atoms with E-state index in [4.69, 9.17) is 4.74 Å². The van der Waals surface area contributed by atoms with Crippen LogP contribution in [0.15, 0.2) is 53.6 Å². The molecule has 1 amide bonds. The number of benzene rings is 1. The van der Waals surface area contributed by atoms with Crippen LogP contribution in [0.1, 0.15) is 15.4 Å². The fraction of sp³-hybridized carbons (Fsp3) is 0.211. The topological polar surface area (TPSA) is 82.6 Å². The van der Waals surface area contributed by atoms with E-state index in [1.54, 1.807) is 23.6 Å². The summed E-state index contributed by atoms with van der Waals surface area (Å²) in [5.41, 5.74) is 4.57. The highest BCUT2D eigenvalue weighted by Gasteiger charge is 2.13. The molecule has 2 aromatic heterocycles. The molecule has 0 saturated carbocycles. The number of hydrogen-bond donors (Lipinski definition) is 2. The predicted molar refractivity (Wildman–Crippen MR) is 106 cm³/mol. The molecule has 1 aliphatic heterocycles. The minimum Gasteiger partial charge on any atom is -0.378 e. The number of aromatic nitrogens is 2. The molecule has 2 N–H and O–H groups in total. The summed E-state index contributed by atoms with van der Waals surface area (Å²) >= 11 is 1.64. The van der Waals surface area contributed by atoms with E-state index < -0.39 is 0 Å². The lowest BCUT2D eigenvalue weighted by atomic mass is 10.1. The number of thiophene rings is 1. The lowest BCUT2D eigenvalue weighted by Crippen LogP contribution is -2.35. The first-order chi connectivity index (χ1) is 13.3. The highest BCUT2D eigenvalue weighted by atomic mass is 32.1. The zero-order valence-electron chi connectivity index (χ0n) is 14.6. The molecule has 0 spiro atoms. The van der Waals surface area contributed by atoms with E-state index in [1.165, 1.54) is 5.00 Å². The van der Waals surface area contributed by atoms with Crippen LogP contribution < -0.4 is 10.3 Å². The zero-order valence-corrected chi connectivity index (χ0v) is 15.4. The first-order valence-corrected chi connectivity index (χ1v) is 9.48. The van der Waals surface area contributed by atoms with Gasteiger partial charge in [-0.05, 0) is 18.2 Å². The highest BCUT2D eigenvalue weighted by Crippen LogP contribution is 2.25. The second-order valence-corrected chi connectivity index (χ2v) is 7.10. The lowest BCUT2D eigenvalue weighted by Gasteiger charge is -2.27. The maximum absolute atomic E-state index is 12.2. The Balaban J connectivity index is 1.35. The highest BCUT2D eigenvalue weighted by molar-refractivity contribution is 7.17. The number of hydrazone groups is 1. The Morgan fingerprint density at radius 3 is 2.85 bits per heavy atom. The van der Waals surface area contributed by atoms with Crippen molar-refractivity contribution in [3.05, 3.63) is 59.1 Å². The summed E-state index contributed by atoms with van der Waals surface area (Å²) in [7, 11) is 0. The molecular formula is C19H19N5O2S. The van der Waals surface area contributed by atoms with Crippen LogP contribution in [0.3, 0.4) is 0 Å². The summed E-state index contributed by atoms with van der Waals surface area (Å²) in [6.45, 7) is 3.31. The predicted octanol–water partition coefficient (Wildman–Crippen LogP) is 2.74. The van der Waals surface area contributed by atoms with Crippen LogP contribution in [-0.2, 0) is 4.74 Å². The number of amides is 1. The number of nitrogens with one attached hydrogen (secondary N) is 2. The van der Waals surface area contributed by atoms with E-state index >= 15 is 0 Å². The number of anilines is 1. The second-order valence-electron chi connectivity index (χ2n) is 6.01. The standard InChI is InChI=1S/C19H19N5O2S/c25-19(17-12-16(21-22-17)14-4-2-1-3-5-14)23-20-13-15-6-7-18(27-15)24-8-10-26-11-9-24/h1-7,12-13H,8-11H2,(H,21,22)(H,23,25)/b20-13+. The molecule has 1 aromatic carbocycles. The quantitative estimate of drug-likeness (QED) is 0.526. The van der Waals surface area contributed by atoms with Crippen molar-refractivity contribution in [3.8, 4) is 11.3 Å². The van der Waals surface area contributed by atoms with Crippen LogP contribution in [0, 0.1) is 0 Å². The summed E-state index contributed by atoms with van der Waals surface area (Å²) in [5.74, 6) is -0.328. The van der Waals surface area contributed by atoms with E-state index in [0.717, 1.165) is 42.4 Å². The summed E-state index contributed by atoms with van der Waals surface area (Å²) in [6, 6.07) is 15.5. The molecule has 3 aromatic rings. The molecule has 0 atom stereocenters. The van der Waals surface area contributed by atoms with Crippen molar-refractivity contribution in [2.75, 3.05) is 31.2 Å². The molecule has 7 nitrogen and oxygen atoms in total. The molecule has 27 heavy (non-hydrogen) atoms. The molecule has 0 unspecified atom stereocenters. The molecule has 1 fully saturated rings. The Bertz CT molecular complexity index is 928. The van der Waals surface area contributed by atoms with Gasteiger partial charge < -0.3 is 9.64 Å². The van der Waals surface area contributed by atoms with Crippen LogP contribution in [-0.4, -0.2) is 48.6 Å². The van der Waals surface area contributed by atoms with Crippen LogP contribution >= 0.6 is 11.3 Å². The first-order valence-electron chi connectivity index (χ1n) is 8.66. The van der Waals surface area contributed by atoms with Crippen LogP contribution in [0.4, 0.5) is 5.00 Å². The van der Waals surface area contributed by atoms with Crippen molar-refractivity contribution < 1.29 is 9.53 Å². The maximum atomic E-state index is 12.2. The number of ether oxygens (including phenoxy) is 1. The number of carbonyl (C=O) groups is 1. The van der Waals surface area contributed by atoms with Crippen molar-refractivity contribution in [2.24, 2.45) is 5.10 Å². The molecule has 0 aliphatic carbocycles. The minimum atomic E-state index is -0.328. The van der Waals surface area contributed by atoms with E-state index in [-0.39, 0.29) is 5.91 Å². The first kappa shape index (κ1) is 17.4. The Hall–Kier alpha value is -2.97. The van der Waals surface area contributed by atoms with Crippen LogP contribution in [0.5, 0.6) is 0 Å². The third kappa shape index (κ3) is 4.24. The molecule has 1 aliphatic rings. The molecule has 0 bridgehead atoms. The molecular weight excluding hydrogens is 362 g/mol. The fourth-order valence-corrected chi connectivity index (χ4v) is 3.71. The third-order valence-electron chi connectivity index (χ3n) is 4.19. The smallest absolute Gasteiger partial charge is 0.289 e. The Morgan fingerprint density at radius 2 is 2.04 bits per heavy atom. The summed E-state index contributed by atoms with van der Waals surface area (Å²) < 4.78 is 5.37.